The zero-order valence-corrected chi connectivity index (χ0v) is 18.0. The fraction of sp³-hybridized carbons (Fsp3) is 0.500. The van der Waals surface area contributed by atoms with Crippen molar-refractivity contribution in [1.29, 1.82) is 0 Å². The maximum absolute atomic E-state index is 11.7. The van der Waals surface area contributed by atoms with Crippen LogP contribution in [0.5, 0.6) is 5.75 Å². The number of hydrogen-bond donors (Lipinski definition) is 3. The van der Waals surface area contributed by atoms with Crippen molar-refractivity contribution in [2.45, 2.75) is 58.8 Å². The maximum Gasteiger partial charge on any atom is 0.313 e. The van der Waals surface area contributed by atoms with E-state index in [1.807, 2.05) is 19.1 Å². The molecule has 0 bridgehead atoms. The predicted molar refractivity (Wildman–Crippen MR) is 116 cm³/mol. The van der Waals surface area contributed by atoms with Gasteiger partial charge in [0.2, 0.25) is 5.95 Å². The third kappa shape index (κ3) is 5.37. The number of nitrogens with two attached hydrogens (primary N) is 1. The number of rotatable bonds is 10. The van der Waals surface area contributed by atoms with Crippen LogP contribution in [0.4, 0.5) is 11.8 Å². The number of anilines is 2. The number of unbranched alkanes of at least 4 members (excludes halogenated alkanes) is 2. The number of aryl methyl sites for hydroxylation is 1. The van der Waals surface area contributed by atoms with E-state index in [4.69, 9.17) is 10.5 Å². The molecule has 1 heterocycles. The lowest BCUT2D eigenvalue weighted by atomic mass is 9.83. The Morgan fingerprint density at radius 2 is 2.00 bits per heavy atom. The molecular formula is C22H32N4O3. The van der Waals surface area contributed by atoms with Gasteiger partial charge in [-0.3, -0.25) is 4.79 Å². The summed E-state index contributed by atoms with van der Waals surface area (Å²) < 4.78 is 5.53. The number of benzene rings is 1. The summed E-state index contributed by atoms with van der Waals surface area (Å²) in [4.78, 5) is 20.4. The number of ether oxygens (including phenoxy) is 1. The number of carboxylic acids is 1. The predicted octanol–water partition coefficient (Wildman–Crippen LogP) is 3.93. The molecule has 7 nitrogen and oxygen atoms in total. The molecule has 0 aliphatic heterocycles. The summed E-state index contributed by atoms with van der Waals surface area (Å²) in [6.45, 7) is 8.26. The second-order valence-corrected chi connectivity index (χ2v) is 7.76. The summed E-state index contributed by atoms with van der Waals surface area (Å²) in [5, 5.41) is 13.0. The quantitative estimate of drug-likeness (QED) is 0.518. The van der Waals surface area contributed by atoms with Gasteiger partial charge in [-0.15, -0.1) is 0 Å². The van der Waals surface area contributed by atoms with Gasteiger partial charge in [0.25, 0.3) is 0 Å². The van der Waals surface area contributed by atoms with E-state index in [1.54, 1.807) is 27.0 Å². The van der Waals surface area contributed by atoms with Gasteiger partial charge in [0.05, 0.1) is 12.5 Å². The van der Waals surface area contributed by atoms with Gasteiger partial charge in [-0.2, -0.15) is 4.98 Å². The minimum absolute atomic E-state index is 0.233. The van der Waals surface area contributed by atoms with Crippen LogP contribution < -0.4 is 15.8 Å². The van der Waals surface area contributed by atoms with Crippen LogP contribution in [0.1, 0.15) is 62.4 Å². The monoisotopic (exact) mass is 400 g/mol. The van der Waals surface area contributed by atoms with Crippen molar-refractivity contribution < 1.29 is 14.6 Å². The zero-order valence-electron chi connectivity index (χ0n) is 18.0. The lowest BCUT2D eigenvalue weighted by Crippen LogP contribution is -2.28. The van der Waals surface area contributed by atoms with Crippen molar-refractivity contribution >= 4 is 17.7 Å². The molecule has 158 valence electrons. The first-order chi connectivity index (χ1) is 13.7. The Morgan fingerprint density at radius 3 is 2.62 bits per heavy atom. The van der Waals surface area contributed by atoms with Crippen LogP contribution in [0, 0.1) is 6.92 Å². The van der Waals surface area contributed by atoms with Crippen molar-refractivity contribution in [2.75, 3.05) is 24.7 Å². The third-order valence-corrected chi connectivity index (χ3v) is 5.21. The number of nitrogens with zero attached hydrogens (tertiary/aromatic N) is 2. The van der Waals surface area contributed by atoms with E-state index in [-0.39, 0.29) is 5.95 Å². The first-order valence-electron chi connectivity index (χ1n) is 9.98. The number of aromatic nitrogens is 2. The first kappa shape index (κ1) is 22.5. The van der Waals surface area contributed by atoms with Crippen LogP contribution in [-0.2, 0) is 16.6 Å². The van der Waals surface area contributed by atoms with E-state index >= 15 is 0 Å². The van der Waals surface area contributed by atoms with Crippen LogP contribution in [0.2, 0.25) is 0 Å². The van der Waals surface area contributed by atoms with Crippen LogP contribution >= 0.6 is 0 Å². The van der Waals surface area contributed by atoms with E-state index in [2.05, 4.69) is 22.2 Å². The maximum atomic E-state index is 11.7. The summed E-state index contributed by atoms with van der Waals surface area (Å²) >= 11 is 0. The number of nitrogen functional groups attached to an aromatic ring is 1. The Labute approximate surface area is 172 Å². The molecule has 0 saturated carbocycles. The van der Waals surface area contributed by atoms with Gasteiger partial charge < -0.3 is 20.9 Å². The molecule has 0 spiro atoms. The van der Waals surface area contributed by atoms with Gasteiger partial charge in [0, 0.05) is 24.2 Å². The summed E-state index contributed by atoms with van der Waals surface area (Å²) in [6, 6.07) is 5.51. The van der Waals surface area contributed by atoms with Crippen molar-refractivity contribution in [3.8, 4) is 5.75 Å². The molecule has 29 heavy (non-hydrogen) atoms. The van der Waals surface area contributed by atoms with Crippen molar-refractivity contribution in [3.05, 3.63) is 40.6 Å². The van der Waals surface area contributed by atoms with Gasteiger partial charge >= 0.3 is 5.97 Å². The Kier molecular flexibility index (Phi) is 7.42. The third-order valence-electron chi connectivity index (χ3n) is 5.21. The Balaban J connectivity index is 2.43. The number of carbonyl (C=O) groups is 1. The van der Waals surface area contributed by atoms with E-state index in [0.717, 1.165) is 48.4 Å². The topological polar surface area (TPSA) is 110 Å². The average molecular weight is 401 g/mol. The number of hydrogen-bond acceptors (Lipinski definition) is 6. The highest BCUT2D eigenvalue weighted by atomic mass is 16.5. The molecule has 0 saturated heterocycles. The van der Waals surface area contributed by atoms with Gasteiger partial charge in [0.1, 0.15) is 11.6 Å². The fourth-order valence-electron chi connectivity index (χ4n) is 3.18. The highest BCUT2D eigenvalue weighted by Gasteiger charge is 2.30. The molecule has 0 atom stereocenters. The van der Waals surface area contributed by atoms with Crippen LogP contribution in [0.25, 0.3) is 0 Å². The molecule has 0 unspecified atom stereocenters. The molecule has 0 aliphatic carbocycles. The average Bonchev–Trinajstić information content (AvgIpc) is 2.67. The van der Waals surface area contributed by atoms with Gasteiger partial charge in [-0.05, 0) is 44.4 Å². The molecule has 0 fully saturated rings. The van der Waals surface area contributed by atoms with Crippen LogP contribution in [0.3, 0.4) is 0 Å². The second-order valence-electron chi connectivity index (χ2n) is 7.76. The molecular weight excluding hydrogens is 368 g/mol. The van der Waals surface area contributed by atoms with E-state index in [1.165, 1.54) is 0 Å². The minimum Gasteiger partial charge on any atom is -0.496 e. The zero-order chi connectivity index (χ0) is 21.6. The van der Waals surface area contributed by atoms with Gasteiger partial charge in [-0.1, -0.05) is 31.9 Å². The molecule has 0 amide bonds. The minimum atomic E-state index is -1.01. The Morgan fingerprint density at radius 1 is 1.28 bits per heavy atom. The molecule has 1 aromatic carbocycles. The standard InChI is InChI=1S/C22H32N4O3/c1-6-7-8-11-24-19-17(14(2)25-21(23)26-19)13-15-12-16(9-10-18(15)29-5)22(3,4)20(27)28/h9-10,12H,6-8,11,13H2,1-5H3,(H,27,28)(H3,23,24,25,26). The smallest absolute Gasteiger partial charge is 0.313 e. The highest BCUT2D eigenvalue weighted by Crippen LogP contribution is 2.32. The van der Waals surface area contributed by atoms with Gasteiger partial charge in [-0.25, -0.2) is 4.98 Å². The van der Waals surface area contributed by atoms with Crippen LogP contribution in [0.15, 0.2) is 18.2 Å². The second kappa shape index (κ2) is 9.58. The number of carboxylic acid groups (broad SMARTS) is 1. The summed E-state index contributed by atoms with van der Waals surface area (Å²) in [5.74, 6) is 0.773. The SMILES string of the molecule is CCCCCNc1nc(N)nc(C)c1Cc1cc(C(C)(C)C(=O)O)ccc1OC. The Bertz CT molecular complexity index is 865. The number of methoxy groups -OCH3 is 1. The molecule has 0 aliphatic rings. The molecule has 2 rings (SSSR count). The molecule has 7 heteroatoms. The summed E-state index contributed by atoms with van der Waals surface area (Å²) in [5.41, 5.74) is 8.18. The normalized spacial score (nSPS) is 11.3. The van der Waals surface area contributed by atoms with E-state index in [9.17, 15) is 9.90 Å². The first-order valence-corrected chi connectivity index (χ1v) is 9.98. The summed E-state index contributed by atoms with van der Waals surface area (Å²) in [6.07, 6.45) is 3.84. The lowest BCUT2D eigenvalue weighted by Gasteiger charge is -2.22. The molecule has 0 radical (unpaired) electrons. The Hall–Kier alpha value is -2.83. The fourth-order valence-corrected chi connectivity index (χ4v) is 3.18. The van der Waals surface area contributed by atoms with E-state index in [0.29, 0.717) is 17.7 Å². The van der Waals surface area contributed by atoms with Gasteiger partial charge in [0.15, 0.2) is 0 Å². The number of aliphatic carboxylic acids is 1. The van der Waals surface area contributed by atoms with Crippen molar-refractivity contribution in [1.82, 2.24) is 9.97 Å². The molecule has 1 aromatic heterocycles. The lowest BCUT2D eigenvalue weighted by molar-refractivity contribution is -0.142. The van der Waals surface area contributed by atoms with Crippen LogP contribution in [-0.4, -0.2) is 34.7 Å². The van der Waals surface area contributed by atoms with Crippen molar-refractivity contribution in [2.24, 2.45) is 0 Å². The highest BCUT2D eigenvalue weighted by molar-refractivity contribution is 5.80. The summed E-state index contributed by atoms with van der Waals surface area (Å²) in [7, 11) is 1.61. The van der Waals surface area contributed by atoms with E-state index < -0.39 is 11.4 Å². The number of nitrogens with one attached hydrogen (secondary N) is 1. The molecule has 4 N–H and O–H groups in total. The largest absolute Gasteiger partial charge is 0.496 e. The molecule has 2 aromatic rings. The van der Waals surface area contributed by atoms with Crippen molar-refractivity contribution in [3.63, 3.8) is 0 Å².